The van der Waals surface area contributed by atoms with Crippen molar-refractivity contribution in [1.29, 1.82) is 0 Å². The molecule has 2 heterocycles. The van der Waals surface area contributed by atoms with Crippen LogP contribution in [0.15, 0.2) is 36.5 Å². The van der Waals surface area contributed by atoms with E-state index in [0.29, 0.717) is 28.8 Å². The Kier molecular flexibility index (Phi) is 6.39. The number of amides is 2. The zero-order chi connectivity index (χ0) is 18.5. The van der Waals surface area contributed by atoms with E-state index in [-0.39, 0.29) is 17.1 Å². The topological polar surface area (TPSA) is 62.3 Å². The second kappa shape index (κ2) is 8.75. The van der Waals surface area contributed by atoms with E-state index in [0.717, 1.165) is 11.3 Å². The lowest BCUT2D eigenvalue weighted by atomic mass is 10.1. The zero-order valence-electron chi connectivity index (χ0n) is 14.3. The number of thiazole rings is 1. The number of thiocarbonyl (C=S) groups is 1. The molecule has 1 aliphatic rings. The first-order valence-electron chi connectivity index (χ1n) is 8.33. The lowest BCUT2D eigenvalue weighted by molar-refractivity contribution is -0.126. The standard InChI is InChI=1S/C18H19N3O2S3/c1-12-16(23)21(18(24)25-12)9-5-8-15(22)20-17-19-11-14(26-17)10-13-6-3-2-4-7-13/h2-4,6-7,11-12H,5,8-10H2,1H3,(H,19,20,22). The molecule has 0 radical (unpaired) electrons. The van der Waals surface area contributed by atoms with Gasteiger partial charge in [-0.05, 0) is 18.9 Å². The maximum Gasteiger partial charge on any atom is 0.241 e. The summed E-state index contributed by atoms with van der Waals surface area (Å²) in [5.41, 5.74) is 1.22. The van der Waals surface area contributed by atoms with E-state index in [1.54, 1.807) is 11.1 Å². The van der Waals surface area contributed by atoms with Crippen molar-refractivity contribution in [3.05, 3.63) is 47.0 Å². The van der Waals surface area contributed by atoms with Crippen molar-refractivity contribution in [1.82, 2.24) is 9.88 Å². The van der Waals surface area contributed by atoms with E-state index in [2.05, 4.69) is 22.4 Å². The minimum absolute atomic E-state index is 0.0332. The molecule has 1 fully saturated rings. The summed E-state index contributed by atoms with van der Waals surface area (Å²) in [6, 6.07) is 10.1. The van der Waals surface area contributed by atoms with Gasteiger partial charge < -0.3 is 5.32 Å². The molecule has 0 bridgehead atoms. The fraction of sp³-hybridized carbons (Fsp3) is 0.333. The SMILES string of the molecule is CC1SC(=S)N(CCCC(=O)Nc2ncc(Cc3ccccc3)s2)C1=O. The molecule has 0 aliphatic carbocycles. The van der Waals surface area contributed by atoms with Crippen LogP contribution >= 0.6 is 35.3 Å². The second-order valence-electron chi connectivity index (χ2n) is 5.96. The number of thioether (sulfide) groups is 1. The molecule has 5 nitrogen and oxygen atoms in total. The minimum atomic E-state index is -0.116. The lowest BCUT2D eigenvalue weighted by Gasteiger charge is -2.14. The van der Waals surface area contributed by atoms with Gasteiger partial charge in [-0.3, -0.25) is 14.5 Å². The number of hydrogen-bond donors (Lipinski definition) is 1. The van der Waals surface area contributed by atoms with Crippen molar-refractivity contribution >= 4 is 56.6 Å². The summed E-state index contributed by atoms with van der Waals surface area (Å²) in [7, 11) is 0. The smallest absolute Gasteiger partial charge is 0.241 e. The first kappa shape index (κ1) is 19.0. The molecule has 1 unspecified atom stereocenters. The van der Waals surface area contributed by atoms with Gasteiger partial charge in [0.05, 0.1) is 5.25 Å². The summed E-state index contributed by atoms with van der Waals surface area (Å²) >= 11 is 8.08. The number of hydrogen-bond acceptors (Lipinski definition) is 6. The van der Waals surface area contributed by atoms with Crippen molar-refractivity contribution < 1.29 is 9.59 Å². The summed E-state index contributed by atoms with van der Waals surface area (Å²) in [4.78, 5) is 31.0. The Hall–Kier alpha value is -1.77. The van der Waals surface area contributed by atoms with Gasteiger partial charge in [0, 0.05) is 30.5 Å². The molecule has 1 atom stereocenters. The van der Waals surface area contributed by atoms with Gasteiger partial charge in [-0.1, -0.05) is 54.3 Å². The average Bonchev–Trinajstić information content (AvgIpc) is 3.14. The molecule has 136 valence electrons. The summed E-state index contributed by atoms with van der Waals surface area (Å²) in [5, 5.41) is 3.32. The van der Waals surface area contributed by atoms with Gasteiger partial charge in [-0.2, -0.15) is 0 Å². The van der Waals surface area contributed by atoms with Gasteiger partial charge in [0.25, 0.3) is 0 Å². The predicted molar refractivity (Wildman–Crippen MR) is 111 cm³/mol. The number of anilines is 1. The van der Waals surface area contributed by atoms with Gasteiger partial charge in [-0.15, -0.1) is 11.3 Å². The number of nitrogens with one attached hydrogen (secondary N) is 1. The number of rotatable bonds is 7. The van der Waals surface area contributed by atoms with Crippen LogP contribution in [-0.4, -0.2) is 37.8 Å². The third-order valence-corrected chi connectivity index (χ3v) is 6.32. The summed E-state index contributed by atoms with van der Waals surface area (Å²) in [5.74, 6) is -0.0604. The Morgan fingerprint density at radius 3 is 2.81 bits per heavy atom. The number of nitrogens with zero attached hydrogens (tertiary/aromatic N) is 2. The van der Waals surface area contributed by atoms with Crippen LogP contribution in [0.3, 0.4) is 0 Å². The van der Waals surface area contributed by atoms with Gasteiger partial charge in [-0.25, -0.2) is 4.98 Å². The van der Waals surface area contributed by atoms with Crippen LogP contribution in [-0.2, 0) is 16.0 Å². The van der Waals surface area contributed by atoms with E-state index in [1.807, 2.05) is 25.1 Å². The molecule has 2 aromatic rings. The number of carbonyl (C=O) groups is 2. The van der Waals surface area contributed by atoms with Gasteiger partial charge >= 0.3 is 0 Å². The lowest BCUT2D eigenvalue weighted by Crippen LogP contribution is -2.32. The maximum absolute atomic E-state index is 12.1. The molecule has 0 spiro atoms. The molecule has 1 aromatic carbocycles. The molecular formula is C18H19N3O2S3. The first-order chi connectivity index (χ1) is 12.5. The van der Waals surface area contributed by atoms with Crippen LogP contribution in [0.4, 0.5) is 5.13 Å². The predicted octanol–water partition coefficient (Wildman–Crippen LogP) is 3.70. The van der Waals surface area contributed by atoms with Gasteiger partial charge in [0.15, 0.2) is 5.13 Å². The summed E-state index contributed by atoms with van der Waals surface area (Å²) < 4.78 is 0.605. The first-order valence-corrected chi connectivity index (χ1v) is 10.4. The molecule has 0 saturated carbocycles. The van der Waals surface area contributed by atoms with E-state index >= 15 is 0 Å². The summed E-state index contributed by atoms with van der Waals surface area (Å²) in [6.45, 7) is 2.33. The highest BCUT2D eigenvalue weighted by Gasteiger charge is 2.33. The van der Waals surface area contributed by atoms with Crippen LogP contribution in [0.25, 0.3) is 0 Å². The van der Waals surface area contributed by atoms with E-state index in [4.69, 9.17) is 12.2 Å². The fourth-order valence-electron chi connectivity index (χ4n) is 2.60. The molecule has 1 saturated heterocycles. The van der Waals surface area contributed by atoms with Crippen LogP contribution < -0.4 is 5.32 Å². The molecule has 8 heteroatoms. The highest BCUT2D eigenvalue weighted by molar-refractivity contribution is 8.24. The monoisotopic (exact) mass is 405 g/mol. The summed E-state index contributed by atoms with van der Waals surface area (Å²) in [6.07, 6.45) is 3.51. The minimum Gasteiger partial charge on any atom is -0.302 e. The third kappa shape index (κ3) is 4.90. The fourth-order valence-corrected chi connectivity index (χ4v) is 4.92. The van der Waals surface area contributed by atoms with Crippen molar-refractivity contribution in [2.75, 3.05) is 11.9 Å². The zero-order valence-corrected chi connectivity index (χ0v) is 16.8. The van der Waals surface area contributed by atoms with E-state index < -0.39 is 0 Å². The van der Waals surface area contributed by atoms with Gasteiger partial charge in [0.2, 0.25) is 11.8 Å². The second-order valence-corrected chi connectivity index (χ2v) is 9.05. The quantitative estimate of drug-likeness (QED) is 0.712. The molecule has 2 amide bonds. The van der Waals surface area contributed by atoms with E-state index in [9.17, 15) is 9.59 Å². The van der Waals surface area contributed by atoms with Crippen molar-refractivity contribution in [2.24, 2.45) is 0 Å². The van der Waals surface area contributed by atoms with Crippen molar-refractivity contribution in [3.63, 3.8) is 0 Å². The molecule has 1 aliphatic heterocycles. The molecule has 3 rings (SSSR count). The third-order valence-electron chi connectivity index (χ3n) is 3.92. The highest BCUT2D eigenvalue weighted by atomic mass is 32.2. The highest BCUT2D eigenvalue weighted by Crippen LogP contribution is 2.27. The molecule has 26 heavy (non-hydrogen) atoms. The van der Waals surface area contributed by atoms with E-state index in [1.165, 1.54) is 28.7 Å². The largest absolute Gasteiger partial charge is 0.302 e. The maximum atomic E-state index is 12.1. The number of benzene rings is 1. The molecular weight excluding hydrogens is 386 g/mol. The Morgan fingerprint density at radius 2 is 2.12 bits per heavy atom. The Labute approximate surface area is 166 Å². The van der Waals surface area contributed by atoms with Gasteiger partial charge in [0.1, 0.15) is 4.32 Å². The Bertz CT molecular complexity index is 807. The van der Waals surface area contributed by atoms with Crippen molar-refractivity contribution in [2.45, 2.75) is 31.4 Å². The van der Waals surface area contributed by atoms with Crippen molar-refractivity contribution in [3.8, 4) is 0 Å². The number of carbonyl (C=O) groups excluding carboxylic acids is 2. The Balaban J connectivity index is 1.44. The molecule has 1 N–H and O–H groups in total. The molecule has 1 aromatic heterocycles. The van der Waals surface area contributed by atoms with Crippen LogP contribution in [0.1, 0.15) is 30.2 Å². The van der Waals surface area contributed by atoms with Crippen LogP contribution in [0.5, 0.6) is 0 Å². The van der Waals surface area contributed by atoms with Crippen LogP contribution in [0.2, 0.25) is 0 Å². The normalized spacial score (nSPS) is 17.0. The Morgan fingerprint density at radius 1 is 1.35 bits per heavy atom. The number of aromatic nitrogens is 1. The van der Waals surface area contributed by atoms with Crippen LogP contribution in [0, 0.1) is 0 Å². The average molecular weight is 406 g/mol.